The van der Waals surface area contributed by atoms with Gasteiger partial charge in [-0.25, -0.2) is 8.42 Å². The number of nitrogens with zero attached hydrogens (tertiary/aromatic N) is 3. The number of halogens is 1. The van der Waals surface area contributed by atoms with Gasteiger partial charge >= 0.3 is 0 Å². The van der Waals surface area contributed by atoms with Crippen LogP contribution in [0.1, 0.15) is 18.3 Å². The molecule has 1 amide bonds. The highest BCUT2D eigenvalue weighted by Crippen LogP contribution is 2.35. The zero-order valence-corrected chi connectivity index (χ0v) is 17.7. The van der Waals surface area contributed by atoms with E-state index in [2.05, 4.69) is 10.1 Å². The molecule has 2 heterocycles. The van der Waals surface area contributed by atoms with Gasteiger partial charge in [0.15, 0.2) is 15.7 Å². The van der Waals surface area contributed by atoms with Gasteiger partial charge in [-0.05, 0) is 35.9 Å². The Morgan fingerprint density at radius 3 is 2.63 bits per heavy atom. The largest absolute Gasteiger partial charge is 0.334 e. The lowest BCUT2D eigenvalue weighted by Gasteiger charge is -2.24. The Morgan fingerprint density at radius 2 is 1.97 bits per heavy atom. The summed E-state index contributed by atoms with van der Waals surface area (Å²) in [6.07, 6.45) is 0.596. The molecule has 0 bridgehead atoms. The normalized spacial score (nSPS) is 18.2. The van der Waals surface area contributed by atoms with Crippen molar-refractivity contribution in [2.75, 3.05) is 10.7 Å². The highest BCUT2D eigenvalue weighted by molar-refractivity contribution is 7.91. The average Bonchev–Trinajstić information content (AvgIpc) is 3.19. The van der Waals surface area contributed by atoms with Crippen LogP contribution in [-0.4, -0.2) is 36.3 Å². The van der Waals surface area contributed by atoms with Gasteiger partial charge in [0.2, 0.25) is 5.91 Å². The van der Waals surface area contributed by atoms with E-state index in [9.17, 15) is 13.2 Å². The lowest BCUT2D eigenvalue weighted by Crippen LogP contribution is -2.45. The summed E-state index contributed by atoms with van der Waals surface area (Å²) in [5, 5.41) is 4.44. The number of benzene rings is 2. The lowest BCUT2D eigenvalue weighted by molar-refractivity contribution is -0.119. The summed E-state index contributed by atoms with van der Waals surface area (Å²) in [6, 6.07) is 10.4. The van der Waals surface area contributed by atoms with Crippen molar-refractivity contribution in [2.24, 2.45) is 5.73 Å². The van der Waals surface area contributed by atoms with Crippen LogP contribution in [0.2, 0.25) is 5.02 Å². The number of hydrogen-bond acceptors (Lipinski definition) is 7. The molecule has 1 aliphatic heterocycles. The molecule has 1 aromatic heterocycles. The maximum absolute atomic E-state index is 13.0. The van der Waals surface area contributed by atoms with Crippen LogP contribution in [0.5, 0.6) is 0 Å². The molecular formula is C20H19ClN4O4S. The fourth-order valence-electron chi connectivity index (χ4n) is 3.29. The van der Waals surface area contributed by atoms with Gasteiger partial charge in [0.25, 0.3) is 5.89 Å². The molecule has 3 aromatic rings. The van der Waals surface area contributed by atoms with Crippen molar-refractivity contribution >= 4 is 33.0 Å². The van der Waals surface area contributed by atoms with Gasteiger partial charge in [-0.3, -0.25) is 4.79 Å². The Balaban J connectivity index is 1.85. The Hall–Kier alpha value is -2.75. The molecule has 0 saturated carbocycles. The third kappa shape index (κ3) is 3.83. The minimum Gasteiger partial charge on any atom is -0.334 e. The minimum atomic E-state index is -3.77. The number of sulfone groups is 1. The van der Waals surface area contributed by atoms with Crippen LogP contribution in [-0.2, 0) is 27.6 Å². The molecule has 0 spiro atoms. The number of nitrogens with two attached hydrogens (primary N) is 1. The van der Waals surface area contributed by atoms with E-state index in [4.69, 9.17) is 21.9 Å². The summed E-state index contributed by atoms with van der Waals surface area (Å²) in [4.78, 5) is 18.7. The summed E-state index contributed by atoms with van der Waals surface area (Å²) in [5.41, 5.74) is 7.47. The van der Waals surface area contributed by atoms with Crippen molar-refractivity contribution in [1.82, 2.24) is 10.1 Å². The van der Waals surface area contributed by atoms with E-state index in [0.717, 1.165) is 5.56 Å². The van der Waals surface area contributed by atoms with Gasteiger partial charge in [-0.1, -0.05) is 35.8 Å². The molecule has 30 heavy (non-hydrogen) atoms. The summed E-state index contributed by atoms with van der Waals surface area (Å²) >= 11 is 5.95. The van der Waals surface area contributed by atoms with E-state index >= 15 is 0 Å². The van der Waals surface area contributed by atoms with Gasteiger partial charge in [0.1, 0.15) is 0 Å². The van der Waals surface area contributed by atoms with Crippen LogP contribution in [0.15, 0.2) is 51.9 Å². The molecule has 0 fully saturated rings. The van der Waals surface area contributed by atoms with Crippen molar-refractivity contribution in [2.45, 2.75) is 30.8 Å². The molecule has 4 rings (SSSR count). The van der Waals surface area contributed by atoms with E-state index in [-0.39, 0.29) is 23.0 Å². The molecule has 10 heteroatoms. The van der Waals surface area contributed by atoms with E-state index in [1.807, 2.05) is 6.92 Å². The van der Waals surface area contributed by atoms with E-state index in [1.165, 1.54) is 11.0 Å². The van der Waals surface area contributed by atoms with Crippen LogP contribution >= 0.6 is 11.6 Å². The second-order valence-corrected chi connectivity index (χ2v) is 9.43. The number of amides is 1. The third-order valence-corrected chi connectivity index (χ3v) is 6.92. The Kier molecular flexibility index (Phi) is 5.35. The molecule has 2 aromatic carbocycles. The van der Waals surface area contributed by atoms with Gasteiger partial charge in [-0.2, -0.15) is 4.98 Å². The first-order valence-corrected chi connectivity index (χ1v) is 11.3. The van der Waals surface area contributed by atoms with Gasteiger partial charge in [-0.15, -0.1) is 0 Å². The number of rotatable bonds is 4. The van der Waals surface area contributed by atoms with Crippen LogP contribution in [0.4, 0.5) is 5.69 Å². The quantitative estimate of drug-likeness (QED) is 0.654. The highest BCUT2D eigenvalue weighted by Gasteiger charge is 2.36. The zero-order chi connectivity index (χ0) is 21.5. The van der Waals surface area contributed by atoms with Crippen LogP contribution < -0.4 is 10.6 Å². The van der Waals surface area contributed by atoms with Crippen molar-refractivity contribution in [1.29, 1.82) is 0 Å². The van der Waals surface area contributed by atoms with E-state index < -0.39 is 27.5 Å². The predicted octanol–water partition coefficient (Wildman–Crippen LogP) is 2.60. The van der Waals surface area contributed by atoms with Crippen LogP contribution in [0, 0.1) is 0 Å². The lowest BCUT2D eigenvalue weighted by atomic mass is 10.1. The molecule has 2 N–H and O–H groups in total. The first kappa shape index (κ1) is 20.5. The Morgan fingerprint density at radius 1 is 1.23 bits per heavy atom. The average molecular weight is 447 g/mol. The second kappa shape index (κ2) is 7.82. The van der Waals surface area contributed by atoms with Crippen molar-refractivity contribution in [3.8, 4) is 11.5 Å². The number of aryl methyl sites for hydroxylation is 1. The number of hydrogen-bond donors (Lipinski definition) is 1. The van der Waals surface area contributed by atoms with Crippen molar-refractivity contribution in [3.05, 3.63) is 58.9 Å². The third-order valence-electron chi connectivity index (χ3n) is 4.85. The maximum atomic E-state index is 13.0. The predicted molar refractivity (Wildman–Crippen MR) is 112 cm³/mol. The first-order valence-electron chi connectivity index (χ1n) is 9.29. The van der Waals surface area contributed by atoms with Crippen molar-refractivity contribution < 1.29 is 17.7 Å². The minimum absolute atomic E-state index is 0.0387. The molecule has 156 valence electrons. The summed E-state index contributed by atoms with van der Waals surface area (Å²) in [7, 11) is -3.77. The number of carbonyl (C=O) groups excluding carboxylic acids is 1. The standard InChI is InChI=1S/C20H19ClN4O4S/c1-2-18-23-19(29-24-18)13-5-8-17-16(9-13)25(10-12-3-6-14(21)7-4-12)20(26)15(22)11-30(17,27)28/h3-9,15H,2,10-11,22H2,1H3/t15-/m0/s1. The van der Waals surface area contributed by atoms with Gasteiger partial charge in [0.05, 0.1) is 28.9 Å². The molecular weight excluding hydrogens is 428 g/mol. The first-order chi connectivity index (χ1) is 14.3. The fourth-order valence-corrected chi connectivity index (χ4v) is 4.98. The fraction of sp³-hybridized carbons (Fsp3) is 0.250. The van der Waals surface area contributed by atoms with Gasteiger partial charge in [0, 0.05) is 17.0 Å². The number of anilines is 1. The molecule has 1 atom stereocenters. The van der Waals surface area contributed by atoms with Gasteiger partial charge < -0.3 is 15.2 Å². The summed E-state index contributed by atoms with van der Waals surface area (Å²) in [6.45, 7) is 2.03. The van der Waals surface area contributed by atoms with Crippen molar-refractivity contribution in [3.63, 3.8) is 0 Å². The van der Waals surface area contributed by atoms with E-state index in [0.29, 0.717) is 22.8 Å². The number of fused-ring (bicyclic) bond motifs is 1. The van der Waals surface area contributed by atoms with E-state index in [1.54, 1.807) is 36.4 Å². The smallest absolute Gasteiger partial charge is 0.257 e. The number of aromatic nitrogens is 2. The molecule has 0 unspecified atom stereocenters. The van der Waals surface area contributed by atoms with Crippen LogP contribution in [0.25, 0.3) is 11.5 Å². The zero-order valence-electron chi connectivity index (χ0n) is 16.1. The number of carbonyl (C=O) groups is 1. The molecule has 0 aliphatic carbocycles. The summed E-state index contributed by atoms with van der Waals surface area (Å²) in [5.74, 6) is -0.164. The SMILES string of the molecule is CCc1noc(-c2ccc3c(c2)N(Cc2ccc(Cl)cc2)C(=O)[C@@H](N)CS3(=O)=O)n1. The molecule has 0 radical (unpaired) electrons. The monoisotopic (exact) mass is 446 g/mol. The second-order valence-electron chi connectivity index (χ2n) is 6.99. The molecule has 1 aliphatic rings. The molecule has 8 nitrogen and oxygen atoms in total. The highest BCUT2D eigenvalue weighted by atomic mass is 35.5. The Bertz CT molecular complexity index is 1210. The summed E-state index contributed by atoms with van der Waals surface area (Å²) < 4.78 is 31.0. The maximum Gasteiger partial charge on any atom is 0.257 e. The molecule has 0 saturated heterocycles. The topological polar surface area (TPSA) is 119 Å². The van der Waals surface area contributed by atoms with Crippen LogP contribution in [0.3, 0.4) is 0 Å². The Labute approximate surface area is 178 Å².